The van der Waals surface area contributed by atoms with Crippen molar-refractivity contribution in [3.63, 3.8) is 0 Å². The minimum Gasteiger partial charge on any atom is -0.310 e. The minimum atomic E-state index is -0.103. The lowest BCUT2D eigenvalue weighted by molar-refractivity contribution is -0.118. The Balaban J connectivity index is 3.83. The first-order valence-corrected chi connectivity index (χ1v) is 3.47. The highest BCUT2D eigenvalue weighted by molar-refractivity contribution is 7.81. The van der Waals surface area contributed by atoms with Gasteiger partial charge in [-0.15, -0.1) is 0 Å². The first-order chi connectivity index (χ1) is 4.09. The van der Waals surface area contributed by atoms with Crippen LogP contribution in [0.4, 0.5) is 0 Å². The van der Waals surface area contributed by atoms with Crippen LogP contribution in [-0.4, -0.2) is 24.1 Å². The molecule has 0 heterocycles. The Labute approximate surface area is 61.4 Å². The van der Waals surface area contributed by atoms with Crippen LogP contribution in [0.3, 0.4) is 0 Å². The second-order valence-corrected chi connectivity index (χ2v) is 2.93. The third-order valence-corrected chi connectivity index (χ3v) is 1.53. The molecule has 9 heavy (non-hydrogen) atoms. The van der Waals surface area contributed by atoms with Crippen LogP contribution in [0.5, 0.6) is 0 Å². The summed E-state index contributed by atoms with van der Waals surface area (Å²) in [5.74, 6) is 0.139. The number of rotatable bonds is 3. The highest BCUT2D eigenvalue weighted by Gasteiger charge is 2.15. The Bertz CT molecular complexity index is 103. The van der Waals surface area contributed by atoms with Crippen molar-refractivity contribution >= 4 is 18.4 Å². The summed E-state index contributed by atoms with van der Waals surface area (Å²) in [6.07, 6.45) is 0. The lowest BCUT2D eigenvalue weighted by Gasteiger charge is -2.14. The zero-order chi connectivity index (χ0) is 7.44. The molecule has 0 saturated carbocycles. The number of carbonyl (C=O) groups excluding carboxylic acids is 1. The van der Waals surface area contributed by atoms with Gasteiger partial charge in [-0.3, -0.25) is 4.79 Å². The Kier molecular flexibility index (Phi) is 3.89. The third-order valence-electron chi connectivity index (χ3n) is 1.23. The Hall–Kier alpha value is -0.0200. The topological polar surface area (TPSA) is 29.1 Å². The van der Waals surface area contributed by atoms with Crippen LogP contribution in [0.2, 0.25) is 0 Å². The molecular weight excluding hydrogens is 134 g/mol. The second kappa shape index (κ2) is 3.90. The molecule has 0 aliphatic heterocycles. The molecule has 2 nitrogen and oxygen atoms in total. The van der Waals surface area contributed by atoms with Crippen LogP contribution in [0, 0.1) is 0 Å². The largest absolute Gasteiger partial charge is 0.310 e. The molecule has 1 N–H and O–H groups in total. The van der Waals surface area contributed by atoms with E-state index in [1.807, 2.05) is 6.92 Å². The number of hydrogen-bond acceptors (Lipinski definition) is 3. The average Bonchev–Trinajstić information content (AvgIpc) is 1.64. The molecule has 0 rings (SSSR count). The highest BCUT2D eigenvalue weighted by Crippen LogP contribution is 2.00. The fourth-order valence-electron chi connectivity index (χ4n) is 0.784. The van der Waals surface area contributed by atoms with Crippen LogP contribution >= 0.6 is 12.6 Å². The number of Topliss-reactive ketones (excluding diaryl/α,β-unsaturated/α-hetero) is 1. The second-order valence-electron chi connectivity index (χ2n) is 2.12. The molecule has 0 aromatic heterocycles. The Morgan fingerprint density at radius 3 is 2.11 bits per heavy atom. The van der Waals surface area contributed by atoms with Gasteiger partial charge in [0.25, 0.3) is 0 Å². The molecule has 0 fully saturated rings. The number of ketones is 1. The summed E-state index contributed by atoms with van der Waals surface area (Å²) in [5.41, 5.74) is 0. The van der Waals surface area contributed by atoms with Crippen molar-refractivity contribution in [3.8, 4) is 0 Å². The predicted molar refractivity (Wildman–Crippen MR) is 42.0 cm³/mol. The molecule has 3 heteroatoms. The van der Waals surface area contributed by atoms with Crippen LogP contribution < -0.4 is 5.32 Å². The van der Waals surface area contributed by atoms with E-state index in [1.54, 1.807) is 14.0 Å². The van der Waals surface area contributed by atoms with Crippen molar-refractivity contribution in [1.29, 1.82) is 0 Å². The fraction of sp³-hybridized carbons (Fsp3) is 0.833. The van der Waals surface area contributed by atoms with Crippen molar-refractivity contribution in [1.82, 2.24) is 5.32 Å². The molecule has 0 spiro atoms. The summed E-state index contributed by atoms with van der Waals surface area (Å²) in [4.78, 5) is 10.7. The van der Waals surface area contributed by atoms with Gasteiger partial charge >= 0.3 is 0 Å². The van der Waals surface area contributed by atoms with Crippen molar-refractivity contribution < 1.29 is 4.79 Å². The maximum Gasteiger partial charge on any atom is 0.147 e. The normalized spacial score (nSPS) is 16.9. The summed E-state index contributed by atoms with van der Waals surface area (Å²) in [6, 6.07) is -0.103. The van der Waals surface area contributed by atoms with E-state index >= 15 is 0 Å². The third kappa shape index (κ3) is 2.87. The van der Waals surface area contributed by atoms with Gasteiger partial charge in [0.05, 0.1) is 6.04 Å². The molecule has 0 amide bonds. The van der Waals surface area contributed by atoms with Crippen LogP contribution in [0.1, 0.15) is 13.8 Å². The number of nitrogens with one attached hydrogen (secondary N) is 1. The van der Waals surface area contributed by atoms with E-state index in [4.69, 9.17) is 0 Å². The first-order valence-electron chi connectivity index (χ1n) is 2.95. The van der Waals surface area contributed by atoms with Crippen molar-refractivity contribution in [2.45, 2.75) is 25.1 Å². The molecule has 0 aliphatic carbocycles. The van der Waals surface area contributed by atoms with Crippen LogP contribution in [-0.2, 0) is 4.79 Å². The molecule has 0 saturated heterocycles. The van der Waals surface area contributed by atoms with Gasteiger partial charge in [-0.1, -0.05) is 6.92 Å². The van der Waals surface area contributed by atoms with E-state index in [0.29, 0.717) is 0 Å². The van der Waals surface area contributed by atoms with E-state index < -0.39 is 0 Å². The molecule has 0 bridgehead atoms. The predicted octanol–water partition coefficient (Wildman–Crippen LogP) is 0.482. The highest BCUT2D eigenvalue weighted by atomic mass is 32.1. The molecule has 0 aromatic carbocycles. The zero-order valence-corrected chi connectivity index (χ0v) is 6.90. The van der Waals surface area contributed by atoms with Gasteiger partial charge in [0, 0.05) is 5.25 Å². The Morgan fingerprint density at radius 2 is 2.11 bits per heavy atom. The van der Waals surface area contributed by atoms with Gasteiger partial charge in [0.1, 0.15) is 5.78 Å². The quantitative estimate of drug-likeness (QED) is 0.569. The molecule has 54 valence electrons. The summed E-state index contributed by atoms with van der Waals surface area (Å²) < 4.78 is 0. The smallest absolute Gasteiger partial charge is 0.147 e. The van der Waals surface area contributed by atoms with Gasteiger partial charge < -0.3 is 5.32 Å². The summed E-state index contributed by atoms with van der Waals surface area (Å²) >= 11 is 4.13. The monoisotopic (exact) mass is 147 g/mol. The Morgan fingerprint density at radius 1 is 1.67 bits per heavy atom. The molecular formula is C6H13NOS. The lowest BCUT2D eigenvalue weighted by atomic mass is 10.1. The molecule has 2 atom stereocenters. The fourth-order valence-corrected chi connectivity index (χ4v) is 1.14. The van der Waals surface area contributed by atoms with Gasteiger partial charge in [0.15, 0.2) is 0 Å². The van der Waals surface area contributed by atoms with Crippen molar-refractivity contribution in [3.05, 3.63) is 0 Å². The molecule has 0 radical (unpaired) electrons. The lowest BCUT2D eigenvalue weighted by Crippen LogP contribution is -2.38. The van der Waals surface area contributed by atoms with Gasteiger partial charge in [-0.25, -0.2) is 0 Å². The standard InChI is InChI=1S/C6H13NOS/c1-4(8)6(7-3)5(2)9/h5-7,9H,1-3H3. The van der Waals surface area contributed by atoms with Crippen LogP contribution in [0.15, 0.2) is 0 Å². The van der Waals surface area contributed by atoms with Crippen LogP contribution in [0.25, 0.3) is 0 Å². The van der Waals surface area contributed by atoms with E-state index in [2.05, 4.69) is 17.9 Å². The van der Waals surface area contributed by atoms with Crippen molar-refractivity contribution in [2.24, 2.45) is 0 Å². The summed E-state index contributed by atoms with van der Waals surface area (Å²) in [5, 5.41) is 2.97. The number of carbonyl (C=O) groups is 1. The molecule has 0 aromatic rings. The van der Waals surface area contributed by atoms with Gasteiger partial charge in [-0.05, 0) is 14.0 Å². The minimum absolute atomic E-state index is 0.0903. The number of likely N-dealkylation sites (N-methyl/N-ethyl adjacent to an activating group) is 1. The summed E-state index contributed by atoms with van der Waals surface area (Å²) in [7, 11) is 1.76. The van der Waals surface area contributed by atoms with Gasteiger partial charge in [-0.2, -0.15) is 12.6 Å². The number of thiol groups is 1. The maximum atomic E-state index is 10.7. The van der Waals surface area contributed by atoms with E-state index in [-0.39, 0.29) is 17.1 Å². The van der Waals surface area contributed by atoms with Crippen molar-refractivity contribution in [2.75, 3.05) is 7.05 Å². The van der Waals surface area contributed by atoms with E-state index in [0.717, 1.165) is 0 Å². The first kappa shape index (κ1) is 8.98. The number of hydrogen-bond donors (Lipinski definition) is 2. The maximum absolute atomic E-state index is 10.7. The zero-order valence-electron chi connectivity index (χ0n) is 6.01. The summed E-state index contributed by atoms with van der Waals surface area (Å²) in [6.45, 7) is 3.46. The SMILES string of the molecule is CNC(C(C)=O)C(C)S. The van der Waals surface area contributed by atoms with E-state index in [9.17, 15) is 4.79 Å². The molecule has 0 aliphatic rings. The van der Waals surface area contributed by atoms with Gasteiger partial charge in [0.2, 0.25) is 0 Å². The molecule has 2 unspecified atom stereocenters. The average molecular weight is 147 g/mol. The van der Waals surface area contributed by atoms with E-state index in [1.165, 1.54) is 0 Å².